The van der Waals surface area contributed by atoms with Crippen LogP contribution in [0.15, 0.2) is 24.3 Å². The monoisotopic (exact) mass is 288 g/mol. The SMILES string of the molecule is O=C(CCCN1CCOCC1)NC1CCc2ccccc21. The van der Waals surface area contributed by atoms with E-state index >= 15 is 0 Å². The molecule has 1 aliphatic carbocycles. The van der Waals surface area contributed by atoms with Gasteiger partial charge in [0.2, 0.25) is 5.91 Å². The maximum Gasteiger partial charge on any atom is 0.220 e. The predicted octanol–water partition coefficient (Wildman–Crippen LogP) is 1.90. The van der Waals surface area contributed by atoms with Crippen molar-refractivity contribution in [1.82, 2.24) is 10.2 Å². The average molecular weight is 288 g/mol. The first-order valence-electron chi connectivity index (χ1n) is 8.00. The number of ether oxygens (including phenoxy) is 1. The highest BCUT2D eigenvalue weighted by Crippen LogP contribution is 2.30. The van der Waals surface area contributed by atoms with Gasteiger partial charge >= 0.3 is 0 Å². The number of benzene rings is 1. The van der Waals surface area contributed by atoms with Gasteiger partial charge in [-0.1, -0.05) is 24.3 Å². The fourth-order valence-corrected chi connectivity index (χ4v) is 3.26. The van der Waals surface area contributed by atoms with Crippen molar-refractivity contribution in [2.24, 2.45) is 0 Å². The van der Waals surface area contributed by atoms with E-state index in [4.69, 9.17) is 4.74 Å². The molecule has 0 saturated carbocycles. The first-order valence-corrected chi connectivity index (χ1v) is 8.00. The number of aryl methyl sites for hydroxylation is 1. The van der Waals surface area contributed by atoms with Gasteiger partial charge in [-0.05, 0) is 36.9 Å². The normalized spacial score (nSPS) is 22.0. The molecule has 1 saturated heterocycles. The molecular weight excluding hydrogens is 264 g/mol. The summed E-state index contributed by atoms with van der Waals surface area (Å²) in [7, 11) is 0. The van der Waals surface area contributed by atoms with Crippen LogP contribution in [0.4, 0.5) is 0 Å². The minimum Gasteiger partial charge on any atom is -0.379 e. The summed E-state index contributed by atoms with van der Waals surface area (Å²) >= 11 is 0. The molecule has 1 aromatic rings. The summed E-state index contributed by atoms with van der Waals surface area (Å²) in [6, 6.07) is 8.66. The Morgan fingerprint density at radius 1 is 1.29 bits per heavy atom. The molecule has 0 radical (unpaired) electrons. The van der Waals surface area contributed by atoms with Crippen molar-refractivity contribution < 1.29 is 9.53 Å². The van der Waals surface area contributed by atoms with Crippen molar-refractivity contribution >= 4 is 5.91 Å². The molecule has 3 rings (SSSR count). The highest BCUT2D eigenvalue weighted by atomic mass is 16.5. The van der Waals surface area contributed by atoms with Gasteiger partial charge in [0.1, 0.15) is 0 Å². The number of nitrogens with zero attached hydrogens (tertiary/aromatic N) is 1. The van der Waals surface area contributed by atoms with Gasteiger partial charge in [-0.15, -0.1) is 0 Å². The van der Waals surface area contributed by atoms with Gasteiger partial charge in [0, 0.05) is 19.5 Å². The fourth-order valence-electron chi connectivity index (χ4n) is 3.26. The number of carbonyl (C=O) groups excluding carboxylic acids is 1. The number of rotatable bonds is 5. The van der Waals surface area contributed by atoms with Crippen LogP contribution < -0.4 is 5.32 Å². The number of fused-ring (bicyclic) bond motifs is 1. The summed E-state index contributed by atoms with van der Waals surface area (Å²) < 4.78 is 5.33. The molecule has 1 fully saturated rings. The molecule has 114 valence electrons. The van der Waals surface area contributed by atoms with Gasteiger partial charge in [0.15, 0.2) is 0 Å². The molecule has 4 nitrogen and oxygen atoms in total. The third kappa shape index (κ3) is 3.83. The predicted molar refractivity (Wildman–Crippen MR) is 82.1 cm³/mol. The molecule has 21 heavy (non-hydrogen) atoms. The fraction of sp³-hybridized carbons (Fsp3) is 0.588. The summed E-state index contributed by atoms with van der Waals surface area (Å²) in [5.74, 6) is 0.185. The van der Waals surface area contributed by atoms with Gasteiger partial charge in [-0.2, -0.15) is 0 Å². The van der Waals surface area contributed by atoms with E-state index in [0.717, 1.165) is 52.1 Å². The van der Waals surface area contributed by atoms with E-state index in [1.807, 2.05) is 0 Å². The number of hydrogen-bond donors (Lipinski definition) is 1. The summed E-state index contributed by atoms with van der Waals surface area (Å²) in [5.41, 5.74) is 2.69. The van der Waals surface area contributed by atoms with Crippen molar-refractivity contribution in [3.05, 3.63) is 35.4 Å². The number of morpholine rings is 1. The Morgan fingerprint density at radius 3 is 2.95 bits per heavy atom. The minimum absolute atomic E-state index is 0.185. The Hall–Kier alpha value is -1.39. The van der Waals surface area contributed by atoms with Gasteiger partial charge in [-0.25, -0.2) is 0 Å². The first-order chi connectivity index (χ1) is 10.3. The topological polar surface area (TPSA) is 41.6 Å². The molecule has 1 amide bonds. The minimum atomic E-state index is 0.185. The molecule has 4 heteroatoms. The smallest absolute Gasteiger partial charge is 0.220 e. The molecule has 1 heterocycles. The highest BCUT2D eigenvalue weighted by molar-refractivity contribution is 5.76. The zero-order valence-corrected chi connectivity index (χ0v) is 12.5. The van der Waals surface area contributed by atoms with Crippen LogP contribution >= 0.6 is 0 Å². The molecule has 1 N–H and O–H groups in total. The van der Waals surface area contributed by atoms with Crippen LogP contribution in [0, 0.1) is 0 Å². The number of nitrogens with one attached hydrogen (secondary N) is 1. The maximum absolute atomic E-state index is 12.1. The Morgan fingerprint density at radius 2 is 2.10 bits per heavy atom. The van der Waals surface area contributed by atoms with Crippen molar-refractivity contribution in [2.45, 2.75) is 31.7 Å². The second-order valence-electron chi connectivity index (χ2n) is 5.92. The van der Waals surface area contributed by atoms with Crippen molar-refractivity contribution in [1.29, 1.82) is 0 Å². The van der Waals surface area contributed by atoms with Crippen LogP contribution in [0.5, 0.6) is 0 Å². The molecule has 1 aliphatic heterocycles. The Kier molecular flexibility index (Phi) is 4.88. The zero-order valence-electron chi connectivity index (χ0n) is 12.5. The van der Waals surface area contributed by atoms with Crippen LogP contribution in [0.25, 0.3) is 0 Å². The van der Waals surface area contributed by atoms with E-state index in [0.29, 0.717) is 6.42 Å². The van der Waals surface area contributed by atoms with E-state index < -0.39 is 0 Å². The van der Waals surface area contributed by atoms with Gasteiger partial charge in [-0.3, -0.25) is 9.69 Å². The molecule has 1 unspecified atom stereocenters. The van der Waals surface area contributed by atoms with Crippen LogP contribution in [-0.2, 0) is 16.0 Å². The zero-order chi connectivity index (χ0) is 14.5. The summed E-state index contributed by atoms with van der Waals surface area (Å²) in [6.07, 6.45) is 3.67. The highest BCUT2D eigenvalue weighted by Gasteiger charge is 2.23. The first kappa shape index (κ1) is 14.5. The van der Waals surface area contributed by atoms with Crippen molar-refractivity contribution in [2.75, 3.05) is 32.8 Å². The summed E-state index contributed by atoms with van der Waals surface area (Å²) in [6.45, 7) is 4.64. The van der Waals surface area contributed by atoms with Gasteiger partial charge < -0.3 is 10.1 Å². The third-order valence-electron chi connectivity index (χ3n) is 4.45. The van der Waals surface area contributed by atoms with Crippen molar-refractivity contribution in [3.63, 3.8) is 0 Å². The lowest BCUT2D eigenvalue weighted by atomic mass is 10.1. The van der Waals surface area contributed by atoms with E-state index in [-0.39, 0.29) is 11.9 Å². The summed E-state index contributed by atoms with van der Waals surface area (Å²) in [5, 5.41) is 3.19. The summed E-state index contributed by atoms with van der Waals surface area (Å²) in [4.78, 5) is 14.5. The van der Waals surface area contributed by atoms with Gasteiger partial charge in [0.25, 0.3) is 0 Å². The van der Waals surface area contributed by atoms with Crippen LogP contribution in [0.2, 0.25) is 0 Å². The number of amides is 1. The Labute approximate surface area is 126 Å². The van der Waals surface area contributed by atoms with E-state index in [1.165, 1.54) is 11.1 Å². The van der Waals surface area contributed by atoms with Crippen molar-refractivity contribution in [3.8, 4) is 0 Å². The van der Waals surface area contributed by atoms with Crippen LogP contribution in [0.3, 0.4) is 0 Å². The largest absolute Gasteiger partial charge is 0.379 e. The van der Waals surface area contributed by atoms with Crippen LogP contribution in [-0.4, -0.2) is 43.7 Å². The Balaban J connectivity index is 1.40. The van der Waals surface area contributed by atoms with E-state index in [9.17, 15) is 4.79 Å². The van der Waals surface area contributed by atoms with E-state index in [2.05, 4.69) is 34.5 Å². The molecule has 2 aliphatic rings. The Bertz CT molecular complexity index is 483. The lowest BCUT2D eigenvalue weighted by Gasteiger charge is -2.26. The molecular formula is C17H24N2O2. The lowest BCUT2D eigenvalue weighted by molar-refractivity contribution is -0.122. The average Bonchev–Trinajstić information content (AvgIpc) is 2.92. The van der Waals surface area contributed by atoms with Gasteiger partial charge in [0.05, 0.1) is 19.3 Å². The lowest BCUT2D eigenvalue weighted by Crippen LogP contribution is -2.37. The quantitative estimate of drug-likeness (QED) is 0.900. The second kappa shape index (κ2) is 7.05. The maximum atomic E-state index is 12.1. The number of hydrogen-bond acceptors (Lipinski definition) is 3. The second-order valence-corrected chi connectivity index (χ2v) is 5.92. The standard InChI is InChI=1S/C17H24N2O2/c20-17(6-3-9-19-10-12-21-13-11-19)18-16-8-7-14-4-1-2-5-15(14)16/h1-2,4-5,16H,3,6-13H2,(H,18,20). The number of carbonyl (C=O) groups is 1. The van der Waals surface area contributed by atoms with Crippen LogP contribution in [0.1, 0.15) is 36.4 Å². The molecule has 1 aromatic carbocycles. The molecule has 0 spiro atoms. The third-order valence-corrected chi connectivity index (χ3v) is 4.45. The molecule has 0 aromatic heterocycles. The van der Waals surface area contributed by atoms with E-state index in [1.54, 1.807) is 0 Å². The molecule has 1 atom stereocenters. The molecule has 0 bridgehead atoms.